The minimum atomic E-state index is -1.22. The molecule has 1 fully saturated rings. The van der Waals surface area contributed by atoms with E-state index in [1.165, 1.54) is 19.3 Å². The molecule has 2 amide bonds. The van der Waals surface area contributed by atoms with Gasteiger partial charge in [0.15, 0.2) is 11.5 Å². The van der Waals surface area contributed by atoms with E-state index in [1.807, 2.05) is 22.6 Å². The van der Waals surface area contributed by atoms with Gasteiger partial charge in [-0.3, -0.25) is 14.4 Å². The van der Waals surface area contributed by atoms with Gasteiger partial charge in [-0.1, -0.05) is 42.1 Å². The molecular weight excluding hydrogens is 698 g/mol. The van der Waals surface area contributed by atoms with Gasteiger partial charge in [0.1, 0.15) is 18.5 Å². The van der Waals surface area contributed by atoms with Crippen molar-refractivity contribution in [1.29, 1.82) is 0 Å². The molecule has 42 heavy (non-hydrogen) atoms. The second-order valence-corrected chi connectivity index (χ2v) is 12.3. The SMILES string of the molecule is COc1cc(C=O)cc(I)c1OC1C=C(C(=O)NCCO)CC(N(Cc2ccc(Cl)c(Cl)c2)C(=O)C2CCCC2)C1O. The Bertz CT molecular complexity index is 1350. The van der Waals surface area contributed by atoms with Crippen LogP contribution in [-0.2, 0) is 16.1 Å². The predicted octanol–water partition coefficient (Wildman–Crippen LogP) is 4.55. The van der Waals surface area contributed by atoms with Crippen molar-refractivity contribution in [2.45, 2.75) is 56.9 Å². The molecule has 0 aliphatic heterocycles. The van der Waals surface area contributed by atoms with Crippen LogP contribution in [0, 0.1) is 9.49 Å². The fourth-order valence-electron chi connectivity index (χ4n) is 5.44. The highest BCUT2D eigenvalue weighted by Crippen LogP contribution is 2.38. The van der Waals surface area contributed by atoms with Crippen molar-refractivity contribution in [1.82, 2.24) is 10.2 Å². The summed E-state index contributed by atoms with van der Waals surface area (Å²) in [6.45, 7) is -0.0595. The molecule has 2 aliphatic rings. The van der Waals surface area contributed by atoms with Crippen molar-refractivity contribution in [2.24, 2.45) is 5.92 Å². The third-order valence-corrected chi connectivity index (χ3v) is 9.12. The molecule has 9 nitrogen and oxygen atoms in total. The van der Waals surface area contributed by atoms with E-state index in [4.69, 9.17) is 32.7 Å². The van der Waals surface area contributed by atoms with Crippen molar-refractivity contribution < 1.29 is 34.1 Å². The average molecular weight is 731 g/mol. The van der Waals surface area contributed by atoms with E-state index in [9.17, 15) is 24.6 Å². The minimum absolute atomic E-state index is 0.0434. The zero-order valence-electron chi connectivity index (χ0n) is 23.0. The van der Waals surface area contributed by atoms with Crippen molar-refractivity contribution in [2.75, 3.05) is 20.3 Å². The number of aliphatic hydroxyl groups is 2. The maximum absolute atomic E-state index is 14.0. The van der Waals surface area contributed by atoms with Crippen LogP contribution in [0.25, 0.3) is 0 Å². The van der Waals surface area contributed by atoms with Crippen LogP contribution in [-0.4, -0.2) is 71.7 Å². The van der Waals surface area contributed by atoms with Gasteiger partial charge >= 0.3 is 0 Å². The number of methoxy groups -OCH3 is 1. The summed E-state index contributed by atoms with van der Waals surface area (Å²) in [6.07, 6.45) is 3.41. The quantitative estimate of drug-likeness (QED) is 0.229. The van der Waals surface area contributed by atoms with Gasteiger partial charge in [0.05, 0.1) is 33.4 Å². The summed E-state index contributed by atoms with van der Waals surface area (Å²) in [5, 5.41) is 24.4. The summed E-state index contributed by atoms with van der Waals surface area (Å²) in [4.78, 5) is 40.2. The lowest BCUT2D eigenvalue weighted by molar-refractivity contribution is -0.143. The van der Waals surface area contributed by atoms with Crippen LogP contribution in [0.1, 0.15) is 48.0 Å². The molecule has 0 spiro atoms. The number of benzene rings is 2. The van der Waals surface area contributed by atoms with Crippen LogP contribution in [0.5, 0.6) is 11.5 Å². The molecular formula is C30H33Cl2IN2O7. The number of nitrogens with zero attached hydrogens (tertiary/aromatic N) is 1. The lowest BCUT2D eigenvalue weighted by Gasteiger charge is -2.41. The van der Waals surface area contributed by atoms with Crippen molar-refractivity contribution in [3.8, 4) is 11.5 Å². The number of aldehydes is 1. The van der Waals surface area contributed by atoms with E-state index in [0.717, 1.165) is 31.2 Å². The first-order valence-corrected chi connectivity index (χ1v) is 15.5. The molecule has 226 valence electrons. The molecule has 0 radical (unpaired) electrons. The average Bonchev–Trinajstić information content (AvgIpc) is 3.53. The molecule has 2 aliphatic carbocycles. The summed E-state index contributed by atoms with van der Waals surface area (Å²) in [5.41, 5.74) is 1.42. The highest BCUT2D eigenvalue weighted by molar-refractivity contribution is 14.1. The van der Waals surface area contributed by atoms with Gasteiger partial charge < -0.3 is 29.9 Å². The summed E-state index contributed by atoms with van der Waals surface area (Å²) >= 11 is 14.4. The first-order chi connectivity index (χ1) is 20.2. The van der Waals surface area contributed by atoms with Crippen molar-refractivity contribution >= 4 is 63.9 Å². The number of rotatable bonds is 11. The first kappa shape index (κ1) is 32.5. The van der Waals surface area contributed by atoms with Crippen LogP contribution < -0.4 is 14.8 Å². The lowest BCUT2D eigenvalue weighted by Crippen LogP contribution is -2.55. The molecule has 3 atom stereocenters. The van der Waals surface area contributed by atoms with Crippen LogP contribution in [0.2, 0.25) is 10.0 Å². The Labute approximate surface area is 268 Å². The fourth-order valence-corrected chi connectivity index (χ4v) is 6.51. The summed E-state index contributed by atoms with van der Waals surface area (Å²) in [6, 6.07) is 7.45. The predicted molar refractivity (Wildman–Crippen MR) is 167 cm³/mol. The zero-order valence-corrected chi connectivity index (χ0v) is 26.7. The number of nitrogens with one attached hydrogen (secondary N) is 1. The standard InChI is InChI=1S/C30H33Cl2IN2O7/c1-41-26-12-18(16-37)11-23(33)28(26)42-25-14-20(29(39)34-8-9-36)13-24(27(25)38)35(30(40)19-4-2-3-5-19)15-17-6-7-21(31)22(32)10-17/h6-7,10-12,14,16,19,24-25,27,36,38H,2-5,8-9,13,15H2,1H3,(H,34,39). The van der Waals surface area contributed by atoms with Gasteiger partial charge in [-0.15, -0.1) is 0 Å². The van der Waals surface area contributed by atoms with Crippen molar-refractivity contribution in [3.05, 3.63) is 66.7 Å². The molecule has 2 aromatic rings. The minimum Gasteiger partial charge on any atom is -0.493 e. The molecule has 12 heteroatoms. The van der Waals surface area contributed by atoms with Crippen LogP contribution in [0.15, 0.2) is 42.0 Å². The van der Waals surface area contributed by atoms with Crippen LogP contribution >= 0.6 is 45.8 Å². The van der Waals surface area contributed by atoms with E-state index in [0.29, 0.717) is 31.0 Å². The number of hydrogen-bond donors (Lipinski definition) is 3. The van der Waals surface area contributed by atoms with Crippen LogP contribution in [0.4, 0.5) is 0 Å². The van der Waals surface area contributed by atoms with Gasteiger partial charge in [0, 0.05) is 36.6 Å². The normalized spacial score (nSPS) is 20.5. The van der Waals surface area contributed by atoms with E-state index in [-0.39, 0.29) is 49.4 Å². The number of halogens is 3. The first-order valence-electron chi connectivity index (χ1n) is 13.7. The number of hydrogen-bond acceptors (Lipinski definition) is 7. The van der Waals surface area contributed by atoms with Gasteiger partial charge in [0.2, 0.25) is 11.8 Å². The van der Waals surface area contributed by atoms with E-state index in [2.05, 4.69) is 5.32 Å². The Morgan fingerprint density at radius 1 is 1.17 bits per heavy atom. The maximum Gasteiger partial charge on any atom is 0.247 e. The highest BCUT2D eigenvalue weighted by Gasteiger charge is 2.42. The second-order valence-electron chi connectivity index (χ2n) is 10.4. The Morgan fingerprint density at radius 2 is 1.90 bits per heavy atom. The molecule has 3 unspecified atom stereocenters. The Morgan fingerprint density at radius 3 is 2.55 bits per heavy atom. The van der Waals surface area contributed by atoms with Crippen molar-refractivity contribution in [3.63, 3.8) is 0 Å². The zero-order chi connectivity index (χ0) is 30.4. The number of ether oxygens (including phenoxy) is 2. The summed E-state index contributed by atoms with van der Waals surface area (Å²) in [7, 11) is 1.44. The topological polar surface area (TPSA) is 125 Å². The molecule has 0 bridgehead atoms. The second kappa shape index (κ2) is 14.9. The monoisotopic (exact) mass is 730 g/mol. The molecule has 2 aromatic carbocycles. The van der Waals surface area contributed by atoms with E-state index in [1.54, 1.807) is 29.2 Å². The molecule has 4 rings (SSSR count). The maximum atomic E-state index is 14.0. The molecule has 0 aromatic heterocycles. The van der Waals surface area contributed by atoms with E-state index >= 15 is 0 Å². The summed E-state index contributed by atoms with van der Waals surface area (Å²) in [5.74, 6) is -0.171. The van der Waals surface area contributed by atoms with Crippen LogP contribution in [0.3, 0.4) is 0 Å². The molecule has 0 saturated heterocycles. The highest BCUT2D eigenvalue weighted by atomic mass is 127. The number of carbonyl (C=O) groups excluding carboxylic acids is 3. The largest absolute Gasteiger partial charge is 0.493 e. The molecule has 1 saturated carbocycles. The lowest BCUT2D eigenvalue weighted by atomic mass is 9.87. The van der Waals surface area contributed by atoms with Gasteiger partial charge in [-0.25, -0.2) is 0 Å². The fraction of sp³-hybridized carbons (Fsp3) is 0.433. The number of aliphatic hydroxyl groups excluding tert-OH is 2. The number of amides is 2. The van der Waals surface area contributed by atoms with Gasteiger partial charge in [-0.2, -0.15) is 0 Å². The van der Waals surface area contributed by atoms with Gasteiger partial charge in [-0.05, 0) is 71.3 Å². The third-order valence-electron chi connectivity index (χ3n) is 7.58. The molecule has 3 N–H and O–H groups in total. The number of carbonyl (C=O) groups is 3. The van der Waals surface area contributed by atoms with E-state index < -0.39 is 24.2 Å². The molecule has 0 heterocycles. The Balaban J connectivity index is 1.74. The third kappa shape index (κ3) is 7.57. The Kier molecular flexibility index (Phi) is 11.5. The Hall–Kier alpha value is -2.38. The smallest absolute Gasteiger partial charge is 0.247 e. The van der Waals surface area contributed by atoms with Gasteiger partial charge in [0.25, 0.3) is 0 Å². The summed E-state index contributed by atoms with van der Waals surface area (Å²) < 4.78 is 12.3.